The van der Waals surface area contributed by atoms with Gasteiger partial charge in [0.1, 0.15) is 5.75 Å². The van der Waals surface area contributed by atoms with Gasteiger partial charge < -0.3 is 10.1 Å². The van der Waals surface area contributed by atoms with Crippen molar-refractivity contribution in [3.63, 3.8) is 0 Å². The summed E-state index contributed by atoms with van der Waals surface area (Å²) in [6.07, 6.45) is 1.04. The SMILES string of the molecule is CCc1ccc(CC)c(-c2nonc2NC(=O)C(C)Oc2ccc(C(C)C)cc2)c1. The summed E-state index contributed by atoms with van der Waals surface area (Å²) < 4.78 is 10.7. The number of anilines is 1. The van der Waals surface area contributed by atoms with Gasteiger partial charge in [0.15, 0.2) is 11.8 Å². The number of carbonyl (C=O) groups excluding carboxylic acids is 1. The molecule has 0 saturated carbocycles. The highest BCUT2D eigenvalue weighted by molar-refractivity contribution is 5.96. The zero-order chi connectivity index (χ0) is 21.7. The molecule has 6 heteroatoms. The van der Waals surface area contributed by atoms with E-state index < -0.39 is 6.10 Å². The van der Waals surface area contributed by atoms with E-state index in [-0.39, 0.29) is 5.91 Å². The Balaban J connectivity index is 1.75. The topological polar surface area (TPSA) is 77.3 Å². The molecule has 3 aromatic rings. The summed E-state index contributed by atoms with van der Waals surface area (Å²) in [5.41, 5.74) is 4.98. The Morgan fingerprint density at radius 1 is 1.03 bits per heavy atom. The van der Waals surface area contributed by atoms with Crippen molar-refractivity contribution < 1.29 is 14.2 Å². The molecule has 0 aliphatic heterocycles. The molecule has 1 unspecified atom stereocenters. The molecule has 3 rings (SSSR count). The summed E-state index contributed by atoms with van der Waals surface area (Å²) in [5.74, 6) is 1.07. The van der Waals surface area contributed by atoms with Crippen LogP contribution in [-0.4, -0.2) is 22.3 Å². The van der Waals surface area contributed by atoms with Crippen molar-refractivity contribution in [2.45, 2.75) is 59.5 Å². The molecule has 1 heterocycles. The Hall–Kier alpha value is -3.15. The molecular formula is C24H29N3O3. The van der Waals surface area contributed by atoms with Crippen LogP contribution in [0.15, 0.2) is 47.1 Å². The van der Waals surface area contributed by atoms with Gasteiger partial charge in [0.05, 0.1) is 0 Å². The summed E-state index contributed by atoms with van der Waals surface area (Å²) in [6, 6.07) is 14.0. The lowest BCUT2D eigenvalue weighted by molar-refractivity contribution is -0.122. The molecule has 30 heavy (non-hydrogen) atoms. The fourth-order valence-electron chi connectivity index (χ4n) is 3.23. The van der Waals surface area contributed by atoms with Gasteiger partial charge in [-0.25, -0.2) is 4.63 Å². The maximum absolute atomic E-state index is 12.7. The highest BCUT2D eigenvalue weighted by atomic mass is 16.6. The van der Waals surface area contributed by atoms with E-state index in [4.69, 9.17) is 9.37 Å². The van der Waals surface area contributed by atoms with E-state index in [0.29, 0.717) is 23.2 Å². The van der Waals surface area contributed by atoms with E-state index in [1.54, 1.807) is 6.92 Å². The Bertz CT molecular complexity index is 993. The summed E-state index contributed by atoms with van der Waals surface area (Å²) in [6.45, 7) is 10.1. The predicted molar refractivity (Wildman–Crippen MR) is 118 cm³/mol. The van der Waals surface area contributed by atoms with Crippen molar-refractivity contribution in [1.82, 2.24) is 10.3 Å². The molecular weight excluding hydrogens is 378 g/mol. The molecule has 0 radical (unpaired) electrons. The smallest absolute Gasteiger partial charge is 0.266 e. The third kappa shape index (κ3) is 4.87. The molecule has 0 bridgehead atoms. The van der Waals surface area contributed by atoms with Crippen molar-refractivity contribution in [2.24, 2.45) is 0 Å². The monoisotopic (exact) mass is 407 g/mol. The Kier molecular flexibility index (Phi) is 6.87. The molecule has 0 aliphatic rings. The molecule has 1 atom stereocenters. The zero-order valence-electron chi connectivity index (χ0n) is 18.2. The van der Waals surface area contributed by atoms with Gasteiger partial charge in [0, 0.05) is 5.56 Å². The predicted octanol–water partition coefficient (Wildman–Crippen LogP) is 5.39. The van der Waals surface area contributed by atoms with Crippen LogP contribution in [-0.2, 0) is 17.6 Å². The van der Waals surface area contributed by atoms with Crippen LogP contribution in [0.5, 0.6) is 5.75 Å². The van der Waals surface area contributed by atoms with Crippen LogP contribution in [0, 0.1) is 0 Å². The number of aryl methyl sites for hydroxylation is 2. The largest absolute Gasteiger partial charge is 0.481 e. The van der Waals surface area contributed by atoms with Crippen LogP contribution < -0.4 is 10.1 Å². The number of hydrogen-bond donors (Lipinski definition) is 1. The Morgan fingerprint density at radius 3 is 2.40 bits per heavy atom. The van der Waals surface area contributed by atoms with Gasteiger partial charge in [0.25, 0.3) is 5.91 Å². The number of ether oxygens (including phenoxy) is 1. The fourth-order valence-corrected chi connectivity index (χ4v) is 3.23. The van der Waals surface area contributed by atoms with Gasteiger partial charge in [-0.15, -0.1) is 0 Å². The molecule has 1 aromatic heterocycles. The number of amides is 1. The van der Waals surface area contributed by atoms with E-state index in [2.05, 4.69) is 61.5 Å². The van der Waals surface area contributed by atoms with Gasteiger partial charge in [-0.05, 0) is 70.9 Å². The number of nitrogens with zero attached hydrogens (tertiary/aromatic N) is 2. The average molecular weight is 408 g/mol. The quantitative estimate of drug-likeness (QED) is 0.542. The van der Waals surface area contributed by atoms with Gasteiger partial charge in [-0.2, -0.15) is 0 Å². The lowest BCUT2D eigenvalue weighted by Crippen LogP contribution is -2.30. The van der Waals surface area contributed by atoms with E-state index in [1.807, 2.05) is 24.3 Å². The lowest BCUT2D eigenvalue weighted by atomic mass is 9.98. The first-order valence-electron chi connectivity index (χ1n) is 10.4. The van der Waals surface area contributed by atoms with Gasteiger partial charge in [-0.3, -0.25) is 4.79 Å². The number of nitrogens with one attached hydrogen (secondary N) is 1. The standard InChI is InChI=1S/C24H29N3O3/c1-6-17-8-9-18(7-2)21(14-17)22-23(27-30-26-22)25-24(28)16(5)29-20-12-10-19(11-13-20)15(3)4/h8-16H,6-7H2,1-5H3,(H,25,27,28). The number of benzene rings is 2. The molecule has 6 nitrogen and oxygen atoms in total. The van der Waals surface area contributed by atoms with Crippen molar-refractivity contribution in [3.8, 4) is 17.0 Å². The molecule has 1 N–H and O–H groups in total. The number of aromatic nitrogens is 2. The number of hydrogen-bond acceptors (Lipinski definition) is 5. The maximum Gasteiger partial charge on any atom is 0.266 e. The van der Waals surface area contributed by atoms with Gasteiger partial charge >= 0.3 is 0 Å². The van der Waals surface area contributed by atoms with Crippen molar-refractivity contribution in [3.05, 3.63) is 59.2 Å². The van der Waals surface area contributed by atoms with Crippen molar-refractivity contribution >= 4 is 11.7 Å². The fraction of sp³-hybridized carbons (Fsp3) is 0.375. The molecule has 0 saturated heterocycles. The van der Waals surface area contributed by atoms with E-state index >= 15 is 0 Å². The highest BCUT2D eigenvalue weighted by Gasteiger charge is 2.21. The molecule has 158 valence electrons. The van der Waals surface area contributed by atoms with E-state index in [9.17, 15) is 4.79 Å². The van der Waals surface area contributed by atoms with Crippen LogP contribution in [0.4, 0.5) is 5.82 Å². The third-order valence-electron chi connectivity index (χ3n) is 5.18. The second-order valence-electron chi connectivity index (χ2n) is 7.63. The minimum absolute atomic E-state index is 0.300. The molecule has 2 aromatic carbocycles. The first-order chi connectivity index (χ1) is 14.4. The van der Waals surface area contributed by atoms with Crippen LogP contribution in [0.2, 0.25) is 0 Å². The Morgan fingerprint density at radius 2 is 1.77 bits per heavy atom. The number of carbonyl (C=O) groups is 1. The zero-order valence-corrected chi connectivity index (χ0v) is 18.2. The minimum atomic E-state index is -0.702. The van der Waals surface area contributed by atoms with Crippen LogP contribution in [0.25, 0.3) is 11.3 Å². The summed E-state index contributed by atoms with van der Waals surface area (Å²) >= 11 is 0. The molecule has 0 fully saturated rings. The van der Waals surface area contributed by atoms with Crippen LogP contribution in [0.1, 0.15) is 57.2 Å². The summed E-state index contributed by atoms with van der Waals surface area (Å²) in [7, 11) is 0. The normalized spacial score (nSPS) is 12.1. The highest BCUT2D eigenvalue weighted by Crippen LogP contribution is 2.29. The minimum Gasteiger partial charge on any atom is -0.481 e. The second kappa shape index (κ2) is 9.57. The average Bonchev–Trinajstić information content (AvgIpc) is 3.21. The molecule has 1 amide bonds. The third-order valence-corrected chi connectivity index (χ3v) is 5.18. The van der Waals surface area contributed by atoms with Crippen LogP contribution >= 0.6 is 0 Å². The first-order valence-corrected chi connectivity index (χ1v) is 10.4. The maximum atomic E-state index is 12.7. The summed E-state index contributed by atoms with van der Waals surface area (Å²) in [5, 5.41) is 10.8. The second-order valence-corrected chi connectivity index (χ2v) is 7.63. The van der Waals surface area contributed by atoms with Gasteiger partial charge in [-0.1, -0.05) is 52.0 Å². The molecule has 0 spiro atoms. The Labute approximate surface area is 177 Å². The van der Waals surface area contributed by atoms with E-state index in [1.165, 1.54) is 11.1 Å². The number of rotatable bonds is 8. The van der Waals surface area contributed by atoms with Crippen molar-refractivity contribution in [1.29, 1.82) is 0 Å². The van der Waals surface area contributed by atoms with E-state index in [0.717, 1.165) is 24.0 Å². The lowest BCUT2D eigenvalue weighted by Gasteiger charge is -2.15. The van der Waals surface area contributed by atoms with Gasteiger partial charge in [0.2, 0.25) is 5.82 Å². The van der Waals surface area contributed by atoms with Crippen molar-refractivity contribution in [2.75, 3.05) is 5.32 Å². The first kappa shape index (κ1) is 21.6. The molecule has 0 aliphatic carbocycles. The summed E-state index contributed by atoms with van der Waals surface area (Å²) in [4.78, 5) is 12.7. The van der Waals surface area contributed by atoms with Crippen LogP contribution in [0.3, 0.4) is 0 Å².